The van der Waals surface area contributed by atoms with Crippen LogP contribution in [-0.4, -0.2) is 77.4 Å². The van der Waals surface area contributed by atoms with E-state index in [4.69, 9.17) is 19.9 Å². The van der Waals surface area contributed by atoms with Crippen LogP contribution in [0.1, 0.15) is 36.8 Å². The minimum absolute atomic E-state index is 0.0559. The van der Waals surface area contributed by atoms with Crippen molar-refractivity contribution in [3.63, 3.8) is 0 Å². The van der Waals surface area contributed by atoms with Gasteiger partial charge in [-0.2, -0.15) is 0 Å². The third kappa shape index (κ3) is 4.60. The average molecular weight is 557 g/mol. The summed E-state index contributed by atoms with van der Waals surface area (Å²) < 4.78 is 46.7. The van der Waals surface area contributed by atoms with Gasteiger partial charge >= 0.3 is 6.09 Å². The summed E-state index contributed by atoms with van der Waals surface area (Å²) in [6, 6.07) is 1.15. The predicted octanol–water partition coefficient (Wildman–Crippen LogP) is 2.16. The van der Waals surface area contributed by atoms with Gasteiger partial charge in [0.1, 0.15) is 18.0 Å². The van der Waals surface area contributed by atoms with Gasteiger partial charge in [0.25, 0.3) is 11.8 Å². The van der Waals surface area contributed by atoms with Crippen LogP contribution in [0.5, 0.6) is 11.6 Å². The molecule has 2 amide bonds. The van der Waals surface area contributed by atoms with Crippen molar-refractivity contribution in [2.45, 2.75) is 49.7 Å². The molecule has 3 fully saturated rings. The van der Waals surface area contributed by atoms with Gasteiger partial charge in [-0.05, 0) is 42.7 Å². The van der Waals surface area contributed by atoms with E-state index >= 15 is 4.39 Å². The lowest BCUT2D eigenvalue weighted by Gasteiger charge is -2.38. The number of rotatable bonds is 6. The summed E-state index contributed by atoms with van der Waals surface area (Å²) in [6.07, 6.45) is 4.74. The van der Waals surface area contributed by atoms with Gasteiger partial charge in [0, 0.05) is 38.5 Å². The second-order valence-electron chi connectivity index (χ2n) is 11.7. The van der Waals surface area contributed by atoms with Gasteiger partial charge in [0.15, 0.2) is 29.8 Å². The fraction of sp³-hybridized carbons (Fsp3) is 0.556. The molecule has 2 aliphatic carbocycles. The van der Waals surface area contributed by atoms with E-state index in [9.17, 15) is 14.0 Å². The molecule has 2 saturated heterocycles. The molecule has 1 aromatic carbocycles. The molecule has 0 radical (unpaired) electrons. The number of hydrogen-bond donors (Lipinski definition) is 2. The Kier molecular flexibility index (Phi) is 5.86. The second kappa shape index (κ2) is 9.23. The zero-order chi connectivity index (χ0) is 27.6. The Morgan fingerprint density at radius 2 is 1.93 bits per heavy atom. The molecule has 13 heteroatoms. The van der Waals surface area contributed by atoms with Crippen molar-refractivity contribution < 1.29 is 32.6 Å². The summed E-state index contributed by atoms with van der Waals surface area (Å²) in [5.41, 5.74) is 5.81. The number of nitrogens with two attached hydrogens (primary N) is 1. The number of carbonyl (C=O) groups excluding carboxylic acids is 2. The zero-order valence-electron chi connectivity index (χ0n) is 21.9. The van der Waals surface area contributed by atoms with E-state index in [0.29, 0.717) is 63.0 Å². The number of likely N-dealkylation sites (tertiary alicyclic amines) is 1. The van der Waals surface area contributed by atoms with Crippen molar-refractivity contribution in [3.05, 3.63) is 35.0 Å². The van der Waals surface area contributed by atoms with E-state index in [-0.39, 0.29) is 48.3 Å². The fourth-order valence-corrected chi connectivity index (χ4v) is 6.09. The van der Waals surface area contributed by atoms with Crippen LogP contribution in [0.4, 0.5) is 25.2 Å². The molecule has 212 valence electrons. The highest BCUT2D eigenvalue weighted by atomic mass is 19.1. The van der Waals surface area contributed by atoms with Gasteiger partial charge in [-0.15, -0.1) is 0 Å². The quantitative estimate of drug-likeness (QED) is 0.549. The lowest BCUT2D eigenvalue weighted by molar-refractivity contribution is -0.118. The van der Waals surface area contributed by atoms with Crippen molar-refractivity contribution in [1.29, 1.82) is 0 Å². The topological polar surface area (TPSA) is 132 Å². The highest BCUT2D eigenvalue weighted by Gasteiger charge is 2.48. The van der Waals surface area contributed by atoms with Gasteiger partial charge in [0.2, 0.25) is 0 Å². The first kappa shape index (κ1) is 25.4. The van der Waals surface area contributed by atoms with Crippen LogP contribution in [0, 0.1) is 17.6 Å². The number of anilines is 2. The van der Waals surface area contributed by atoms with Crippen LogP contribution in [0.3, 0.4) is 0 Å². The Bertz CT molecular complexity index is 1390. The maximum Gasteiger partial charge on any atom is 0.416 e. The minimum Gasteiger partial charge on any atom is -0.488 e. The third-order valence-electron chi connectivity index (χ3n) is 8.64. The molecule has 1 atom stereocenters. The second-order valence-corrected chi connectivity index (χ2v) is 11.7. The molecule has 3 aliphatic heterocycles. The van der Waals surface area contributed by atoms with E-state index < -0.39 is 28.9 Å². The monoisotopic (exact) mass is 556 g/mol. The van der Waals surface area contributed by atoms with Crippen LogP contribution in [0.25, 0.3) is 0 Å². The molecular formula is C27H30F2N6O5. The summed E-state index contributed by atoms with van der Waals surface area (Å²) in [7, 11) is 0. The number of benzene rings is 1. The van der Waals surface area contributed by atoms with Crippen molar-refractivity contribution in [1.82, 2.24) is 14.9 Å². The maximum atomic E-state index is 15.2. The number of aromatic nitrogens is 2. The Balaban J connectivity index is 0.962. The largest absolute Gasteiger partial charge is 0.488 e. The van der Waals surface area contributed by atoms with Crippen molar-refractivity contribution in [3.8, 4) is 11.6 Å². The molecule has 0 bridgehead atoms. The molecule has 1 saturated carbocycles. The molecule has 5 aliphatic rings. The normalized spacial score (nSPS) is 24.3. The van der Waals surface area contributed by atoms with Crippen LogP contribution in [0.2, 0.25) is 0 Å². The number of amides is 2. The first-order valence-corrected chi connectivity index (χ1v) is 13.6. The first-order chi connectivity index (χ1) is 19.2. The number of fused-ring (bicyclic) bond motifs is 2. The fourth-order valence-electron chi connectivity index (χ4n) is 6.09. The predicted molar refractivity (Wildman–Crippen MR) is 137 cm³/mol. The lowest BCUT2D eigenvalue weighted by Crippen LogP contribution is -2.48. The van der Waals surface area contributed by atoms with Crippen molar-refractivity contribution in [2.24, 2.45) is 11.7 Å². The number of piperidine rings is 1. The number of nitrogens with zero attached hydrogens (tertiary/aromatic N) is 4. The van der Waals surface area contributed by atoms with Gasteiger partial charge in [0.05, 0.1) is 18.3 Å². The highest BCUT2D eigenvalue weighted by molar-refractivity contribution is 5.94. The van der Waals surface area contributed by atoms with E-state index in [2.05, 4.69) is 20.2 Å². The molecule has 3 N–H and O–H groups in total. The van der Waals surface area contributed by atoms with Gasteiger partial charge in [-0.3, -0.25) is 9.69 Å². The SMILES string of the molecule is NC1(COc2cc(F)c3c(c2F)CC(CN2CCC4(CC2)CN(c2cnc5c(n2)NC(=O)CO5)C(=O)O4)C3)CC1. The standard InChI is InChI=1S/C27H30F2N6O5/c28-18-9-19(39-14-26(30)1-2-26)22(29)17-8-15(7-16(17)18)11-34-5-3-27(4-6-34)13-35(25(37)40-27)20-10-31-24-23(32-20)33-21(36)12-38-24/h9-10,15H,1-8,11-14,30H2,(H,32,33,36). The minimum atomic E-state index is -0.657. The van der Waals surface area contributed by atoms with E-state index in [1.54, 1.807) is 0 Å². The molecule has 7 rings (SSSR count). The molecule has 11 nitrogen and oxygen atoms in total. The molecular weight excluding hydrogens is 526 g/mol. The molecule has 1 spiro atoms. The average Bonchev–Trinajstić information content (AvgIpc) is 3.37. The molecule has 4 heterocycles. The summed E-state index contributed by atoms with van der Waals surface area (Å²) in [5, 5.41) is 2.60. The third-order valence-corrected chi connectivity index (χ3v) is 8.64. The van der Waals surface area contributed by atoms with Crippen LogP contribution >= 0.6 is 0 Å². The summed E-state index contributed by atoms with van der Waals surface area (Å²) >= 11 is 0. The number of nitrogens with one attached hydrogen (secondary N) is 1. The Morgan fingerprint density at radius 1 is 1.15 bits per heavy atom. The Morgan fingerprint density at radius 3 is 2.70 bits per heavy atom. The van der Waals surface area contributed by atoms with E-state index in [1.165, 1.54) is 11.1 Å². The number of ether oxygens (including phenoxy) is 3. The van der Waals surface area contributed by atoms with E-state index in [0.717, 1.165) is 18.9 Å². The van der Waals surface area contributed by atoms with Gasteiger partial charge in [-0.25, -0.2) is 23.5 Å². The molecule has 2 aromatic rings. The summed E-state index contributed by atoms with van der Waals surface area (Å²) in [4.78, 5) is 36.6. The molecule has 40 heavy (non-hydrogen) atoms. The van der Waals surface area contributed by atoms with Gasteiger partial charge < -0.3 is 30.2 Å². The Hall–Kier alpha value is -3.58. The van der Waals surface area contributed by atoms with Gasteiger partial charge in [-0.1, -0.05) is 0 Å². The lowest BCUT2D eigenvalue weighted by atomic mass is 9.90. The van der Waals surface area contributed by atoms with E-state index in [1.807, 2.05) is 0 Å². The van der Waals surface area contributed by atoms with Crippen LogP contribution in [-0.2, 0) is 22.4 Å². The number of carbonyl (C=O) groups is 2. The Labute approximate surface area is 229 Å². The van der Waals surface area contributed by atoms with Crippen LogP contribution < -0.4 is 25.4 Å². The summed E-state index contributed by atoms with van der Waals surface area (Å²) in [6.45, 7) is 2.44. The first-order valence-electron chi connectivity index (χ1n) is 13.6. The smallest absolute Gasteiger partial charge is 0.416 e. The molecule has 1 unspecified atom stereocenters. The van der Waals surface area contributed by atoms with Crippen LogP contribution in [0.15, 0.2) is 12.3 Å². The van der Waals surface area contributed by atoms with Crippen molar-refractivity contribution in [2.75, 3.05) is 49.6 Å². The maximum absolute atomic E-state index is 15.2. The zero-order valence-corrected chi connectivity index (χ0v) is 21.9. The number of hydrogen-bond acceptors (Lipinski definition) is 9. The molecule has 1 aromatic heterocycles. The van der Waals surface area contributed by atoms with Crippen molar-refractivity contribution >= 4 is 23.6 Å². The number of halogens is 2. The summed E-state index contributed by atoms with van der Waals surface area (Å²) in [5.74, 6) is -0.555. The highest BCUT2D eigenvalue weighted by Crippen LogP contribution is 2.40.